The number of guanidine groups is 1. The van der Waals surface area contributed by atoms with Crippen LogP contribution in [0.4, 0.5) is 5.69 Å². The highest BCUT2D eigenvalue weighted by Crippen LogP contribution is 2.41. The monoisotopic (exact) mass is 420 g/mol. The topological polar surface area (TPSA) is 74.8 Å². The molecule has 2 aromatic carbocycles. The third-order valence-electron chi connectivity index (χ3n) is 6.68. The molecular formula is C25H32N4O2. The van der Waals surface area contributed by atoms with E-state index in [4.69, 9.17) is 4.74 Å². The Morgan fingerprint density at radius 3 is 2.74 bits per heavy atom. The minimum Gasteiger partial charge on any atom is -0.497 e. The Kier molecular flexibility index (Phi) is 6.44. The van der Waals surface area contributed by atoms with E-state index in [0.29, 0.717) is 13.0 Å². The highest BCUT2D eigenvalue weighted by molar-refractivity contribution is 5.94. The molecule has 1 atom stereocenters. The summed E-state index contributed by atoms with van der Waals surface area (Å²) in [5.74, 6) is 1.87. The van der Waals surface area contributed by atoms with Crippen LogP contribution in [0.3, 0.4) is 0 Å². The van der Waals surface area contributed by atoms with E-state index < -0.39 is 0 Å². The number of para-hydroxylation sites is 1. The van der Waals surface area contributed by atoms with E-state index in [2.05, 4.69) is 45.2 Å². The third-order valence-corrected chi connectivity index (χ3v) is 6.68. The Balaban J connectivity index is 1.42. The molecule has 1 saturated carbocycles. The lowest BCUT2D eigenvalue weighted by atomic mass is 9.78. The fourth-order valence-electron chi connectivity index (χ4n) is 4.95. The summed E-state index contributed by atoms with van der Waals surface area (Å²) in [6, 6.07) is 16.5. The van der Waals surface area contributed by atoms with E-state index in [1.165, 1.54) is 24.0 Å². The first-order valence-corrected chi connectivity index (χ1v) is 11.1. The molecule has 164 valence electrons. The predicted octanol–water partition coefficient (Wildman–Crippen LogP) is 3.80. The second-order valence-corrected chi connectivity index (χ2v) is 8.56. The van der Waals surface area contributed by atoms with Crippen molar-refractivity contribution in [2.45, 2.75) is 43.4 Å². The molecule has 2 aromatic rings. The number of benzene rings is 2. The van der Waals surface area contributed by atoms with Crippen molar-refractivity contribution in [2.24, 2.45) is 4.99 Å². The summed E-state index contributed by atoms with van der Waals surface area (Å²) >= 11 is 0. The van der Waals surface area contributed by atoms with Crippen LogP contribution in [-0.2, 0) is 10.2 Å². The predicted molar refractivity (Wildman–Crippen MR) is 125 cm³/mol. The zero-order chi connectivity index (χ0) is 21.7. The maximum absolute atomic E-state index is 12.1. The summed E-state index contributed by atoms with van der Waals surface area (Å²) in [7, 11) is 3.51. The molecule has 1 heterocycles. The molecular weight excluding hydrogens is 388 g/mol. The first-order valence-electron chi connectivity index (χ1n) is 11.1. The fraction of sp³-hybridized carbons (Fsp3) is 0.440. The Morgan fingerprint density at radius 2 is 1.97 bits per heavy atom. The second kappa shape index (κ2) is 9.41. The maximum atomic E-state index is 12.1. The number of anilines is 1. The number of amides is 1. The van der Waals surface area contributed by atoms with Gasteiger partial charge in [0.15, 0.2) is 5.96 Å². The summed E-state index contributed by atoms with van der Waals surface area (Å²) in [6.07, 6.45) is 5.26. The van der Waals surface area contributed by atoms with E-state index in [1.807, 2.05) is 24.3 Å². The molecule has 6 heteroatoms. The lowest BCUT2D eigenvalue weighted by Crippen LogP contribution is -2.46. The molecule has 2 aliphatic rings. The summed E-state index contributed by atoms with van der Waals surface area (Å²) in [6.45, 7) is 1.48. The normalized spacial score (nSPS) is 20.0. The summed E-state index contributed by atoms with van der Waals surface area (Å²) in [4.78, 5) is 16.5. The Bertz CT molecular complexity index is 950. The molecule has 31 heavy (non-hydrogen) atoms. The third kappa shape index (κ3) is 4.68. The summed E-state index contributed by atoms with van der Waals surface area (Å²) in [5.41, 5.74) is 3.50. The van der Waals surface area contributed by atoms with Gasteiger partial charge in [-0.15, -0.1) is 0 Å². The van der Waals surface area contributed by atoms with Crippen molar-refractivity contribution in [2.75, 3.05) is 32.6 Å². The van der Waals surface area contributed by atoms with Crippen LogP contribution in [-0.4, -0.2) is 39.1 Å². The van der Waals surface area contributed by atoms with Crippen molar-refractivity contribution in [1.29, 1.82) is 0 Å². The van der Waals surface area contributed by atoms with Crippen molar-refractivity contribution >= 4 is 17.6 Å². The number of ether oxygens (including phenoxy) is 1. The van der Waals surface area contributed by atoms with Gasteiger partial charge < -0.3 is 20.7 Å². The molecule has 6 nitrogen and oxygen atoms in total. The van der Waals surface area contributed by atoms with Gasteiger partial charge in [-0.25, -0.2) is 0 Å². The number of methoxy groups -OCH3 is 1. The number of carbonyl (C=O) groups is 1. The number of hydrogen-bond acceptors (Lipinski definition) is 3. The van der Waals surface area contributed by atoms with Crippen molar-refractivity contribution in [3.8, 4) is 5.75 Å². The van der Waals surface area contributed by atoms with Crippen LogP contribution in [0.25, 0.3) is 0 Å². The molecule has 1 fully saturated rings. The minimum absolute atomic E-state index is 0.0661. The maximum Gasteiger partial charge on any atom is 0.225 e. The summed E-state index contributed by atoms with van der Waals surface area (Å²) in [5, 5.41) is 9.97. The van der Waals surface area contributed by atoms with Crippen LogP contribution >= 0.6 is 0 Å². The largest absolute Gasteiger partial charge is 0.497 e. The Hall–Kier alpha value is -3.02. The van der Waals surface area contributed by atoms with Gasteiger partial charge in [-0.05, 0) is 42.2 Å². The van der Waals surface area contributed by atoms with Crippen LogP contribution in [0.1, 0.15) is 49.1 Å². The second-order valence-electron chi connectivity index (χ2n) is 8.56. The van der Waals surface area contributed by atoms with Gasteiger partial charge in [0.1, 0.15) is 5.75 Å². The van der Waals surface area contributed by atoms with E-state index in [-0.39, 0.29) is 17.2 Å². The van der Waals surface area contributed by atoms with E-state index in [0.717, 1.165) is 36.8 Å². The van der Waals surface area contributed by atoms with Gasteiger partial charge in [0, 0.05) is 43.6 Å². The Morgan fingerprint density at radius 1 is 1.16 bits per heavy atom. The van der Waals surface area contributed by atoms with Gasteiger partial charge in [-0.3, -0.25) is 9.79 Å². The average Bonchev–Trinajstić information content (AvgIpc) is 3.29. The molecule has 0 aromatic heterocycles. The Labute approximate surface area is 184 Å². The van der Waals surface area contributed by atoms with E-state index >= 15 is 0 Å². The van der Waals surface area contributed by atoms with Crippen LogP contribution in [0.2, 0.25) is 0 Å². The number of fused-ring (bicyclic) bond motifs is 1. The van der Waals surface area contributed by atoms with Gasteiger partial charge in [0.05, 0.1) is 7.11 Å². The van der Waals surface area contributed by atoms with Crippen molar-refractivity contribution < 1.29 is 9.53 Å². The highest BCUT2D eigenvalue weighted by Gasteiger charge is 2.36. The van der Waals surface area contributed by atoms with Gasteiger partial charge in [-0.2, -0.15) is 0 Å². The number of nitrogens with one attached hydrogen (secondary N) is 3. The van der Waals surface area contributed by atoms with E-state index in [1.54, 1.807) is 14.2 Å². The van der Waals surface area contributed by atoms with Gasteiger partial charge >= 0.3 is 0 Å². The molecule has 1 unspecified atom stereocenters. The molecule has 3 N–H and O–H groups in total. The minimum atomic E-state index is 0.0661. The smallest absolute Gasteiger partial charge is 0.225 e. The van der Waals surface area contributed by atoms with Crippen LogP contribution in [0.5, 0.6) is 5.75 Å². The number of rotatable bonds is 6. The molecule has 1 aliphatic carbocycles. The molecule has 0 spiro atoms. The number of hydrogen-bond donors (Lipinski definition) is 3. The zero-order valence-corrected chi connectivity index (χ0v) is 18.4. The number of nitrogens with zero attached hydrogens (tertiary/aromatic N) is 1. The molecule has 4 rings (SSSR count). The summed E-state index contributed by atoms with van der Waals surface area (Å²) < 4.78 is 5.46. The molecule has 0 bridgehead atoms. The van der Waals surface area contributed by atoms with Gasteiger partial charge in [0.2, 0.25) is 5.91 Å². The number of aliphatic imine (C=N–C) groups is 1. The first-order chi connectivity index (χ1) is 15.1. The SMILES string of the molecule is CN=C(NCC1CC(=O)Nc2ccccc21)NCC1(c2cccc(OC)c2)CCCC1. The first kappa shape index (κ1) is 21.2. The van der Waals surface area contributed by atoms with Crippen molar-refractivity contribution in [1.82, 2.24) is 10.6 Å². The van der Waals surface area contributed by atoms with Crippen LogP contribution in [0.15, 0.2) is 53.5 Å². The molecule has 0 radical (unpaired) electrons. The zero-order valence-electron chi connectivity index (χ0n) is 18.4. The molecule has 1 aliphatic heterocycles. The van der Waals surface area contributed by atoms with Crippen molar-refractivity contribution in [3.63, 3.8) is 0 Å². The lowest BCUT2D eigenvalue weighted by Gasteiger charge is -2.31. The van der Waals surface area contributed by atoms with Gasteiger partial charge in [0.25, 0.3) is 0 Å². The van der Waals surface area contributed by atoms with Gasteiger partial charge in [-0.1, -0.05) is 43.2 Å². The lowest BCUT2D eigenvalue weighted by molar-refractivity contribution is -0.116. The van der Waals surface area contributed by atoms with Crippen LogP contribution in [0, 0.1) is 0 Å². The van der Waals surface area contributed by atoms with E-state index in [9.17, 15) is 4.79 Å². The van der Waals surface area contributed by atoms with Crippen molar-refractivity contribution in [3.05, 3.63) is 59.7 Å². The fourth-order valence-corrected chi connectivity index (χ4v) is 4.95. The quantitative estimate of drug-likeness (QED) is 0.491. The number of carbonyl (C=O) groups excluding carboxylic acids is 1. The van der Waals surface area contributed by atoms with Crippen LogP contribution < -0.4 is 20.7 Å². The molecule has 1 amide bonds. The average molecular weight is 421 g/mol. The standard InChI is InChI=1S/C25H32N4O2/c1-26-24(27-16-18-14-23(30)29-22-11-4-3-10-21(18)22)28-17-25(12-5-6-13-25)19-8-7-9-20(15-19)31-2/h3-4,7-11,15,18H,5-6,12-14,16-17H2,1-2H3,(H,29,30)(H2,26,27,28). The highest BCUT2D eigenvalue weighted by atomic mass is 16.5. The molecule has 0 saturated heterocycles.